The van der Waals surface area contributed by atoms with Crippen LogP contribution in [0.3, 0.4) is 0 Å². The zero-order chi connectivity index (χ0) is 17.0. The molecule has 0 saturated carbocycles. The number of nitrogens with one attached hydrogen (secondary N) is 1. The first-order chi connectivity index (χ1) is 10.9. The monoisotopic (exact) mass is 313 g/mol. The van der Waals surface area contributed by atoms with Crippen molar-refractivity contribution in [3.8, 4) is 11.5 Å². The van der Waals surface area contributed by atoms with Crippen molar-refractivity contribution in [2.45, 2.75) is 27.2 Å². The standard InChI is InChI=1S/C19H23NO3/c1-12-8-13(2)19(14(3)9-12)20-18(21)11-15-6-7-16(22-4)17(10-15)23-5/h6-10H,11H2,1-5H3,(H,20,21). The van der Waals surface area contributed by atoms with Gasteiger partial charge in [-0.05, 0) is 49.6 Å². The molecule has 0 atom stereocenters. The van der Waals surface area contributed by atoms with Crippen molar-refractivity contribution < 1.29 is 14.3 Å². The summed E-state index contributed by atoms with van der Waals surface area (Å²) in [5.41, 5.74) is 5.10. The maximum atomic E-state index is 12.3. The van der Waals surface area contributed by atoms with Crippen LogP contribution in [0, 0.1) is 20.8 Å². The highest BCUT2D eigenvalue weighted by atomic mass is 16.5. The van der Waals surface area contributed by atoms with E-state index in [-0.39, 0.29) is 12.3 Å². The number of amides is 1. The molecular formula is C19H23NO3. The van der Waals surface area contributed by atoms with Crippen LogP contribution in [0.4, 0.5) is 5.69 Å². The summed E-state index contributed by atoms with van der Waals surface area (Å²) in [6.45, 7) is 6.06. The van der Waals surface area contributed by atoms with E-state index >= 15 is 0 Å². The van der Waals surface area contributed by atoms with Gasteiger partial charge < -0.3 is 14.8 Å². The van der Waals surface area contributed by atoms with Crippen molar-refractivity contribution in [3.63, 3.8) is 0 Å². The second kappa shape index (κ2) is 7.18. The summed E-state index contributed by atoms with van der Waals surface area (Å²) in [5.74, 6) is 1.23. The summed E-state index contributed by atoms with van der Waals surface area (Å²) in [6, 6.07) is 9.64. The smallest absolute Gasteiger partial charge is 0.228 e. The normalized spacial score (nSPS) is 10.3. The molecule has 0 saturated heterocycles. The number of aryl methyl sites for hydroxylation is 3. The molecule has 2 aromatic carbocycles. The van der Waals surface area contributed by atoms with Gasteiger partial charge in [0, 0.05) is 5.69 Å². The first kappa shape index (κ1) is 16.9. The second-order valence-electron chi connectivity index (χ2n) is 5.69. The van der Waals surface area contributed by atoms with Gasteiger partial charge in [0.2, 0.25) is 5.91 Å². The number of hydrogen-bond acceptors (Lipinski definition) is 3. The highest BCUT2D eigenvalue weighted by Crippen LogP contribution is 2.28. The van der Waals surface area contributed by atoms with Crippen molar-refractivity contribution in [2.75, 3.05) is 19.5 Å². The van der Waals surface area contributed by atoms with Gasteiger partial charge in [0.1, 0.15) is 0 Å². The number of carbonyl (C=O) groups is 1. The molecule has 23 heavy (non-hydrogen) atoms. The lowest BCUT2D eigenvalue weighted by molar-refractivity contribution is -0.115. The average Bonchev–Trinajstić information content (AvgIpc) is 2.50. The first-order valence-electron chi connectivity index (χ1n) is 7.53. The Labute approximate surface area is 137 Å². The van der Waals surface area contributed by atoms with E-state index in [1.165, 1.54) is 5.56 Å². The molecular weight excluding hydrogens is 290 g/mol. The summed E-state index contributed by atoms with van der Waals surface area (Å²) in [6.07, 6.45) is 0.285. The average molecular weight is 313 g/mol. The van der Waals surface area contributed by atoms with Gasteiger partial charge in [-0.3, -0.25) is 4.79 Å². The van der Waals surface area contributed by atoms with Crippen LogP contribution >= 0.6 is 0 Å². The summed E-state index contributed by atoms with van der Waals surface area (Å²) in [4.78, 5) is 12.3. The predicted molar refractivity (Wildman–Crippen MR) is 92.5 cm³/mol. The SMILES string of the molecule is COc1ccc(CC(=O)Nc2c(C)cc(C)cc2C)cc1OC. The lowest BCUT2D eigenvalue weighted by atomic mass is 10.0. The Morgan fingerprint density at radius 1 is 0.957 bits per heavy atom. The Balaban J connectivity index is 2.14. The van der Waals surface area contributed by atoms with Crippen LogP contribution in [0.2, 0.25) is 0 Å². The molecule has 0 radical (unpaired) electrons. The van der Waals surface area contributed by atoms with Crippen LogP contribution in [0.25, 0.3) is 0 Å². The molecule has 0 aliphatic rings. The molecule has 0 bridgehead atoms. The van der Waals surface area contributed by atoms with Crippen LogP contribution in [-0.2, 0) is 11.2 Å². The fraction of sp³-hybridized carbons (Fsp3) is 0.316. The minimum Gasteiger partial charge on any atom is -0.493 e. The van der Waals surface area contributed by atoms with Crippen LogP contribution in [0.15, 0.2) is 30.3 Å². The molecule has 0 heterocycles. The van der Waals surface area contributed by atoms with Crippen molar-refractivity contribution in [3.05, 3.63) is 52.6 Å². The molecule has 0 unspecified atom stereocenters. The van der Waals surface area contributed by atoms with Crippen molar-refractivity contribution >= 4 is 11.6 Å². The Morgan fingerprint density at radius 2 is 1.57 bits per heavy atom. The molecule has 0 aliphatic heterocycles. The summed E-state index contributed by atoms with van der Waals surface area (Å²) < 4.78 is 10.5. The number of rotatable bonds is 5. The highest BCUT2D eigenvalue weighted by molar-refractivity contribution is 5.93. The van der Waals surface area contributed by atoms with Gasteiger partial charge in [0.05, 0.1) is 20.6 Å². The number of hydrogen-bond donors (Lipinski definition) is 1. The molecule has 122 valence electrons. The molecule has 0 spiro atoms. The molecule has 2 aromatic rings. The topological polar surface area (TPSA) is 47.6 Å². The van der Waals surface area contributed by atoms with E-state index in [4.69, 9.17) is 9.47 Å². The summed E-state index contributed by atoms with van der Waals surface area (Å²) in [7, 11) is 3.17. The lowest BCUT2D eigenvalue weighted by Crippen LogP contribution is -2.16. The number of methoxy groups -OCH3 is 2. The van der Waals surface area contributed by atoms with Gasteiger partial charge in [0.25, 0.3) is 0 Å². The third-order valence-electron chi connectivity index (χ3n) is 3.75. The van der Waals surface area contributed by atoms with Gasteiger partial charge in [-0.15, -0.1) is 0 Å². The molecule has 0 fully saturated rings. The molecule has 1 N–H and O–H groups in total. The van der Waals surface area contributed by atoms with E-state index in [1.807, 2.05) is 32.0 Å². The van der Waals surface area contributed by atoms with E-state index in [0.29, 0.717) is 11.5 Å². The molecule has 4 heteroatoms. The van der Waals surface area contributed by atoms with Gasteiger partial charge >= 0.3 is 0 Å². The fourth-order valence-corrected chi connectivity index (χ4v) is 2.74. The molecule has 1 amide bonds. The summed E-state index contributed by atoms with van der Waals surface area (Å²) >= 11 is 0. The van der Waals surface area contributed by atoms with Crippen molar-refractivity contribution in [1.29, 1.82) is 0 Å². The number of ether oxygens (including phenoxy) is 2. The van der Waals surface area contributed by atoms with Crippen LogP contribution in [0.5, 0.6) is 11.5 Å². The zero-order valence-corrected chi connectivity index (χ0v) is 14.3. The fourth-order valence-electron chi connectivity index (χ4n) is 2.74. The quantitative estimate of drug-likeness (QED) is 0.913. The predicted octanol–water partition coefficient (Wildman–Crippen LogP) is 3.81. The Bertz CT molecular complexity index is 700. The van der Waals surface area contributed by atoms with Gasteiger partial charge in [-0.1, -0.05) is 23.8 Å². The minimum atomic E-state index is -0.0488. The van der Waals surface area contributed by atoms with E-state index in [2.05, 4.69) is 24.4 Å². The second-order valence-corrected chi connectivity index (χ2v) is 5.69. The third kappa shape index (κ3) is 4.03. The molecule has 2 rings (SSSR count). The van der Waals surface area contributed by atoms with Gasteiger partial charge in [0.15, 0.2) is 11.5 Å². The minimum absolute atomic E-state index is 0.0488. The van der Waals surface area contributed by atoms with Crippen molar-refractivity contribution in [2.24, 2.45) is 0 Å². The zero-order valence-electron chi connectivity index (χ0n) is 14.3. The first-order valence-corrected chi connectivity index (χ1v) is 7.53. The largest absolute Gasteiger partial charge is 0.493 e. The molecule has 0 aromatic heterocycles. The van der Waals surface area contributed by atoms with E-state index in [0.717, 1.165) is 22.4 Å². The van der Waals surface area contributed by atoms with Gasteiger partial charge in [-0.2, -0.15) is 0 Å². The lowest BCUT2D eigenvalue weighted by Gasteiger charge is -2.13. The number of anilines is 1. The van der Waals surface area contributed by atoms with Crippen molar-refractivity contribution in [1.82, 2.24) is 0 Å². The molecule has 0 aliphatic carbocycles. The maximum absolute atomic E-state index is 12.3. The number of carbonyl (C=O) groups excluding carboxylic acids is 1. The van der Waals surface area contributed by atoms with Crippen LogP contribution in [0.1, 0.15) is 22.3 Å². The van der Waals surface area contributed by atoms with E-state index in [1.54, 1.807) is 14.2 Å². The van der Waals surface area contributed by atoms with E-state index < -0.39 is 0 Å². The third-order valence-corrected chi connectivity index (χ3v) is 3.75. The van der Waals surface area contributed by atoms with E-state index in [9.17, 15) is 4.79 Å². The van der Waals surface area contributed by atoms with Crippen LogP contribution in [-0.4, -0.2) is 20.1 Å². The Kier molecular flexibility index (Phi) is 5.27. The number of benzene rings is 2. The Hall–Kier alpha value is -2.49. The highest BCUT2D eigenvalue weighted by Gasteiger charge is 2.11. The maximum Gasteiger partial charge on any atom is 0.228 e. The molecule has 4 nitrogen and oxygen atoms in total. The van der Waals surface area contributed by atoms with Crippen LogP contribution < -0.4 is 14.8 Å². The summed E-state index contributed by atoms with van der Waals surface area (Å²) in [5, 5.41) is 3.01. The van der Waals surface area contributed by atoms with Gasteiger partial charge in [-0.25, -0.2) is 0 Å². The Morgan fingerprint density at radius 3 is 2.13 bits per heavy atom.